The van der Waals surface area contributed by atoms with Crippen LogP contribution in [0.2, 0.25) is 0 Å². The Labute approximate surface area is 146 Å². The molecule has 2 aromatic rings. The molecule has 25 heavy (non-hydrogen) atoms. The molecule has 3 rings (SSSR count). The monoisotopic (exact) mass is 339 g/mol. The summed E-state index contributed by atoms with van der Waals surface area (Å²) in [7, 11) is 1.58. The van der Waals surface area contributed by atoms with Crippen LogP contribution in [0.3, 0.4) is 0 Å². The summed E-state index contributed by atoms with van der Waals surface area (Å²) in [5, 5.41) is 5.61. The maximum atomic E-state index is 12.2. The van der Waals surface area contributed by atoms with E-state index in [0.717, 1.165) is 18.5 Å². The van der Waals surface area contributed by atoms with Gasteiger partial charge in [0.1, 0.15) is 5.75 Å². The van der Waals surface area contributed by atoms with E-state index in [9.17, 15) is 9.59 Å². The fourth-order valence-electron chi connectivity index (χ4n) is 2.90. The molecule has 0 atom stereocenters. The normalized spacial score (nSPS) is 13.0. The van der Waals surface area contributed by atoms with Gasteiger partial charge in [0.2, 0.25) is 5.91 Å². The fourth-order valence-corrected chi connectivity index (χ4v) is 2.90. The van der Waals surface area contributed by atoms with Gasteiger partial charge in [0.15, 0.2) is 0 Å². The van der Waals surface area contributed by atoms with Crippen molar-refractivity contribution in [2.75, 3.05) is 24.3 Å². The largest absolute Gasteiger partial charge is 0.497 e. The molecule has 2 N–H and O–H groups in total. The summed E-state index contributed by atoms with van der Waals surface area (Å²) in [5.41, 5.74) is 3.64. The maximum absolute atomic E-state index is 12.2. The summed E-state index contributed by atoms with van der Waals surface area (Å²) < 4.78 is 5.14. The van der Waals surface area contributed by atoms with Crippen molar-refractivity contribution in [3.05, 3.63) is 53.6 Å². The lowest BCUT2D eigenvalue weighted by Gasteiger charge is -2.28. The zero-order chi connectivity index (χ0) is 17.8. The van der Waals surface area contributed by atoms with Crippen LogP contribution in [-0.4, -0.2) is 30.5 Å². The number of carbonyl (C=O) groups is 2. The third-order valence-electron chi connectivity index (χ3n) is 4.25. The summed E-state index contributed by atoms with van der Waals surface area (Å²) >= 11 is 0. The van der Waals surface area contributed by atoms with E-state index in [2.05, 4.69) is 10.6 Å². The highest BCUT2D eigenvalue weighted by Crippen LogP contribution is 2.23. The number of ether oxygens (including phenoxy) is 1. The van der Waals surface area contributed by atoms with E-state index in [1.807, 2.05) is 35.2 Å². The molecule has 1 aliphatic heterocycles. The summed E-state index contributed by atoms with van der Waals surface area (Å²) in [5.74, 6) is 0.746. The number of hydrogen-bond donors (Lipinski definition) is 2. The Balaban J connectivity index is 1.67. The van der Waals surface area contributed by atoms with E-state index in [-0.39, 0.29) is 11.9 Å². The average molecular weight is 339 g/mol. The van der Waals surface area contributed by atoms with E-state index < -0.39 is 0 Å². The Morgan fingerprint density at radius 3 is 2.52 bits per heavy atom. The van der Waals surface area contributed by atoms with Crippen molar-refractivity contribution >= 4 is 23.3 Å². The van der Waals surface area contributed by atoms with Gasteiger partial charge in [-0.25, -0.2) is 4.79 Å². The Kier molecular flexibility index (Phi) is 4.88. The van der Waals surface area contributed by atoms with Crippen molar-refractivity contribution in [2.45, 2.75) is 19.9 Å². The summed E-state index contributed by atoms with van der Waals surface area (Å²) in [6, 6.07) is 12.7. The SMILES string of the molecule is COc1cccc(NC(=O)Nc2ccc3c(c2)CN(C(C)=O)CC3)c1. The van der Waals surface area contributed by atoms with Gasteiger partial charge in [-0.3, -0.25) is 4.79 Å². The Hall–Kier alpha value is -3.02. The highest BCUT2D eigenvalue weighted by atomic mass is 16.5. The quantitative estimate of drug-likeness (QED) is 0.902. The first-order chi connectivity index (χ1) is 12.0. The number of urea groups is 1. The molecule has 0 fully saturated rings. The average Bonchev–Trinajstić information content (AvgIpc) is 2.61. The molecular weight excluding hydrogens is 318 g/mol. The molecule has 0 saturated carbocycles. The number of nitrogens with one attached hydrogen (secondary N) is 2. The molecule has 3 amide bonds. The van der Waals surface area contributed by atoms with Crippen molar-refractivity contribution in [2.24, 2.45) is 0 Å². The van der Waals surface area contributed by atoms with Gasteiger partial charge in [0.25, 0.3) is 0 Å². The van der Waals surface area contributed by atoms with E-state index in [0.29, 0.717) is 23.7 Å². The van der Waals surface area contributed by atoms with Gasteiger partial charge in [-0.15, -0.1) is 0 Å². The number of fused-ring (bicyclic) bond motifs is 1. The van der Waals surface area contributed by atoms with Crippen molar-refractivity contribution in [1.29, 1.82) is 0 Å². The van der Waals surface area contributed by atoms with Crippen LogP contribution in [0.1, 0.15) is 18.1 Å². The predicted octanol–water partition coefficient (Wildman–Crippen LogP) is 3.24. The molecule has 6 heteroatoms. The van der Waals surface area contributed by atoms with Gasteiger partial charge in [0, 0.05) is 37.5 Å². The number of rotatable bonds is 3. The molecule has 130 valence electrons. The first-order valence-corrected chi connectivity index (χ1v) is 8.14. The lowest BCUT2D eigenvalue weighted by Crippen LogP contribution is -2.34. The summed E-state index contributed by atoms with van der Waals surface area (Å²) in [6.45, 7) is 2.90. The maximum Gasteiger partial charge on any atom is 0.323 e. The number of amides is 3. The topological polar surface area (TPSA) is 70.7 Å². The first kappa shape index (κ1) is 16.8. The highest BCUT2D eigenvalue weighted by molar-refractivity contribution is 5.99. The van der Waals surface area contributed by atoms with Crippen molar-refractivity contribution < 1.29 is 14.3 Å². The molecule has 2 aromatic carbocycles. The number of hydrogen-bond acceptors (Lipinski definition) is 3. The molecule has 0 unspecified atom stereocenters. The van der Waals surface area contributed by atoms with Crippen LogP contribution in [0, 0.1) is 0 Å². The smallest absolute Gasteiger partial charge is 0.323 e. The minimum atomic E-state index is -0.326. The second kappa shape index (κ2) is 7.25. The second-order valence-corrected chi connectivity index (χ2v) is 5.99. The van der Waals surface area contributed by atoms with Crippen molar-refractivity contribution in [1.82, 2.24) is 4.90 Å². The van der Waals surface area contributed by atoms with Crippen LogP contribution in [-0.2, 0) is 17.8 Å². The minimum absolute atomic E-state index is 0.0692. The minimum Gasteiger partial charge on any atom is -0.497 e. The van der Waals surface area contributed by atoms with Gasteiger partial charge in [-0.2, -0.15) is 0 Å². The van der Waals surface area contributed by atoms with E-state index in [1.54, 1.807) is 26.2 Å². The molecule has 1 aliphatic rings. The number of anilines is 2. The van der Waals surface area contributed by atoms with Gasteiger partial charge in [-0.1, -0.05) is 12.1 Å². The van der Waals surface area contributed by atoms with Gasteiger partial charge in [-0.05, 0) is 41.8 Å². The van der Waals surface area contributed by atoms with Crippen molar-refractivity contribution in [3.8, 4) is 5.75 Å². The number of nitrogens with zero attached hydrogens (tertiary/aromatic N) is 1. The first-order valence-electron chi connectivity index (χ1n) is 8.14. The zero-order valence-corrected chi connectivity index (χ0v) is 14.3. The van der Waals surface area contributed by atoms with Gasteiger partial charge >= 0.3 is 6.03 Å². The molecule has 6 nitrogen and oxygen atoms in total. The van der Waals surface area contributed by atoms with E-state index in [4.69, 9.17) is 4.74 Å². The number of methoxy groups -OCH3 is 1. The molecule has 0 radical (unpaired) electrons. The molecule has 0 spiro atoms. The summed E-state index contributed by atoms with van der Waals surface area (Å²) in [4.78, 5) is 25.6. The third-order valence-corrected chi connectivity index (χ3v) is 4.25. The highest BCUT2D eigenvalue weighted by Gasteiger charge is 2.18. The Morgan fingerprint density at radius 1 is 1.04 bits per heavy atom. The fraction of sp³-hybridized carbons (Fsp3) is 0.263. The van der Waals surface area contributed by atoms with Crippen LogP contribution in [0.15, 0.2) is 42.5 Å². The standard InChI is InChI=1S/C19H21N3O3/c1-13(23)22-9-8-14-6-7-17(10-15(14)12-22)21-19(24)20-16-4-3-5-18(11-16)25-2/h3-7,10-11H,8-9,12H2,1-2H3,(H2,20,21,24). The van der Waals surface area contributed by atoms with Gasteiger partial charge < -0.3 is 20.3 Å². The van der Waals surface area contributed by atoms with Crippen LogP contribution in [0.25, 0.3) is 0 Å². The Morgan fingerprint density at radius 2 is 1.80 bits per heavy atom. The van der Waals surface area contributed by atoms with Gasteiger partial charge in [0.05, 0.1) is 7.11 Å². The lowest BCUT2D eigenvalue weighted by atomic mass is 9.99. The third kappa shape index (κ3) is 4.09. The lowest BCUT2D eigenvalue weighted by molar-refractivity contribution is -0.129. The van der Waals surface area contributed by atoms with Crippen LogP contribution < -0.4 is 15.4 Å². The Bertz CT molecular complexity index is 804. The summed E-state index contributed by atoms with van der Waals surface area (Å²) in [6.07, 6.45) is 0.838. The van der Waals surface area contributed by atoms with E-state index in [1.165, 1.54) is 5.56 Å². The molecule has 0 bridgehead atoms. The molecule has 0 saturated heterocycles. The molecule has 1 heterocycles. The van der Waals surface area contributed by atoms with Crippen LogP contribution in [0.4, 0.5) is 16.2 Å². The predicted molar refractivity (Wildman–Crippen MR) is 96.9 cm³/mol. The van der Waals surface area contributed by atoms with Crippen molar-refractivity contribution in [3.63, 3.8) is 0 Å². The van der Waals surface area contributed by atoms with Crippen LogP contribution in [0.5, 0.6) is 5.75 Å². The molecular formula is C19H21N3O3. The molecule has 0 aliphatic carbocycles. The molecule has 0 aromatic heterocycles. The zero-order valence-electron chi connectivity index (χ0n) is 14.3. The number of carbonyl (C=O) groups excluding carboxylic acids is 2. The van der Waals surface area contributed by atoms with Crippen LogP contribution >= 0.6 is 0 Å². The second-order valence-electron chi connectivity index (χ2n) is 5.99. The number of benzene rings is 2. The van der Waals surface area contributed by atoms with E-state index >= 15 is 0 Å².